The number of rotatable bonds is 5. The summed E-state index contributed by atoms with van der Waals surface area (Å²) in [7, 11) is 0. The van der Waals surface area contributed by atoms with Crippen molar-refractivity contribution in [3.05, 3.63) is 29.3 Å². The van der Waals surface area contributed by atoms with Crippen LogP contribution in [0.1, 0.15) is 43.7 Å². The Labute approximate surface area is 128 Å². The molecule has 1 saturated carbocycles. The highest BCUT2D eigenvalue weighted by Gasteiger charge is 2.23. The average molecular weight is 288 g/mol. The average Bonchev–Trinajstić information content (AvgIpc) is 2.97. The van der Waals surface area contributed by atoms with Crippen molar-refractivity contribution in [2.45, 2.75) is 57.5 Å². The van der Waals surface area contributed by atoms with Crippen molar-refractivity contribution in [1.29, 1.82) is 0 Å². The van der Waals surface area contributed by atoms with Gasteiger partial charge in [0.15, 0.2) is 0 Å². The smallest absolute Gasteiger partial charge is 0.122 e. The maximum Gasteiger partial charge on any atom is 0.122 e. The molecule has 116 valence electrons. The van der Waals surface area contributed by atoms with Crippen molar-refractivity contribution in [2.24, 2.45) is 5.73 Å². The molecule has 0 radical (unpaired) electrons. The van der Waals surface area contributed by atoms with Gasteiger partial charge in [-0.05, 0) is 55.8 Å². The summed E-state index contributed by atoms with van der Waals surface area (Å²) in [4.78, 5) is 2.65. The normalized spacial score (nSPS) is 24.9. The molecule has 3 heteroatoms. The molecule has 1 aliphatic heterocycles. The molecule has 1 aromatic rings. The van der Waals surface area contributed by atoms with Crippen molar-refractivity contribution < 1.29 is 4.74 Å². The molecule has 0 unspecified atom stereocenters. The standard InChI is InChI=1S/C18H28N2O/c1-2-20(17-6-4-16(19)5-7-17)11-9-14-3-8-18-15(13-14)10-12-21-18/h3,8,13,16-17H,2,4-7,9-12,19H2,1H3. The van der Waals surface area contributed by atoms with Gasteiger partial charge in [-0.1, -0.05) is 19.1 Å². The van der Waals surface area contributed by atoms with Gasteiger partial charge in [0.1, 0.15) is 5.75 Å². The van der Waals surface area contributed by atoms with Crippen molar-refractivity contribution >= 4 is 0 Å². The topological polar surface area (TPSA) is 38.5 Å². The number of hydrogen-bond acceptors (Lipinski definition) is 3. The van der Waals surface area contributed by atoms with Crippen LogP contribution in [0, 0.1) is 0 Å². The molecule has 1 aliphatic carbocycles. The minimum Gasteiger partial charge on any atom is -0.493 e. The van der Waals surface area contributed by atoms with Crippen molar-refractivity contribution in [3.63, 3.8) is 0 Å². The van der Waals surface area contributed by atoms with E-state index in [1.165, 1.54) is 36.8 Å². The third kappa shape index (κ3) is 3.58. The molecule has 3 nitrogen and oxygen atoms in total. The zero-order valence-electron chi connectivity index (χ0n) is 13.2. The van der Waals surface area contributed by atoms with Crippen LogP contribution in [0.3, 0.4) is 0 Å². The maximum absolute atomic E-state index is 6.03. The van der Waals surface area contributed by atoms with Gasteiger partial charge in [0.05, 0.1) is 6.61 Å². The lowest BCUT2D eigenvalue weighted by Gasteiger charge is -2.35. The monoisotopic (exact) mass is 288 g/mol. The lowest BCUT2D eigenvalue weighted by Crippen LogP contribution is -2.41. The summed E-state index contributed by atoms with van der Waals surface area (Å²) in [6.07, 6.45) is 7.14. The molecular weight excluding hydrogens is 260 g/mol. The quantitative estimate of drug-likeness (QED) is 0.905. The Balaban J connectivity index is 1.55. The van der Waals surface area contributed by atoms with E-state index in [1.807, 2.05) is 0 Å². The number of nitrogens with zero attached hydrogens (tertiary/aromatic N) is 1. The van der Waals surface area contributed by atoms with E-state index in [1.54, 1.807) is 0 Å². The summed E-state index contributed by atoms with van der Waals surface area (Å²) in [5, 5.41) is 0. The summed E-state index contributed by atoms with van der Waals surface area (Å²) in [5.74, 6) is 1.09. The second-order valence-corrected chi connectivity index (χ2v) is 6.49. The fourth-order valence-corrected chi connectivity index (χ4v) is 3.73. The minimum absolute atomic E-state index is 0.441. The number of fused-ring (bicyclic) bond motifs is 1. The van der Waals surface area contributed by atoms with E-state index < -0.39 is 0 Å². The Bertz CT molecular complexity index is 466. The third-order valence-electron chi connectivity index (χ3n) is 5.11. The second kappa shape index (κ2) is 6.80. The maximum atomic E-state index is 6.03. The van der Waals surface area contributed by atoms with E-state index in [4.69, 9.17) is 10.5 Å². The SMILES string of the molecule is CCN(CCc1ccc2c(c1)CCO2)C1CCC(N)CC1. The molecule has 0 aromatic heterocycles. The van der Waals surface area contributed by atoms with E-state index in [0.717, 1.165) is 44.3 Å². The van der Waals surface area contributed by atoms with Crippen LogP contribution in [-0.4, -0.2) is 36.7 Å². The van der Waals surface area contributed by atoms with Crippen LogP contribution in [0.2, 0.25) is 0 Å². The molecular formula is C18H28N2O. The fraction of sp³-hybridized carbons (Fsp3) is 0.667. The molecule has 1 aromatic carbocycles. The Morgan fingerprint density at radius 2 is 2.05 bits per heavy atom. The van der Waals surface area contributed by atoms with Gasteiger partial charge in [-0.25, -0.2) is 0 Å². The number of likely N-dealkylation sites (N-methyl/N-ethyl adjacent to an activating group) is 1. The van der Waals surface area contributed by atoms with E-state index >= 15 is 0 Å². The number of nitrogens with two attached hydrogens (primary N) is 1. The van der Waals surface area contributed by atoms with Gasteiger partial charge in [-0.3, -0.25) is 0 Å². The van der Waals surface area contributed by atoms with Gasteiger partial charge in [0, 0.05) is 25.0 Å². The molecule has 0 amide bonds. The fourth-order valence-electron chi connectivity index (χ4n) is 3.73. The lowest BCUT2D eigenvalue weighted by molar-refractivity contribution is 0.158. The van der Waals surface area contributed by atoms with Gasteiger partial charge < -0.3 is 15.4 Å². The number of hydrogen-bond donors (Lipinski definition) is 1. The molecule has 0 saturated heterocycles. The first-order chi connectivity index (χ1) is 10.3. The van der Waals surface area contributed by atoms with Crippen LogP contribution in [0.15, 0.2) is 18.2 Å². The molecule has 2 aliphatic rings. The first-order valence-corrected chi connectivity index (χ1v) is 8.50. The zero-order chi connectivity index (χ0) is 14.7. The Hall–Kier alpha value is -1.06. The Morgan fingerprint density at radius 3 is 2.81 bits per heavy atom. The van der Waals surface area contributed by atoms with Crippen LogP contribution >= 0.6 is 0 Å². The minimum atomic E-state index is 0.441. The van der Waals surface area contributed by atoms with Crippen LogP contribution in [-0.2, 0) is 12.8 Å². The summed E-state index contributed by atoms with van der Waals surface area (Å²) in [6.45, 7) is 5.44. The molecule has 1 heterocycles. The second-order valence-electron chi connectivity index (χ2n) is 6.49. The molecule has 2 N–H and O–H groups in total. The summed E-state index contributed by atoms with van der Waals surface area (Å²) in [6, 6.07) is 7.90. The van der Waals surface area contributed by atoms with E-state index in [2.05, 4.69) is 30.0 Å². The summed E-state index contributed by atoms with van der Waals surface area (Å²) in [5.41, 5.74) is 8.86. The summed E-state index contributed by atoms with van der Waals surface area (Å²) < 4.78 is 5.58. The highest BCUT2D eigenvalue weighted by atomic mass is 16.5. The molecule has 0 bridgehead atoms. The summed E-state index contributed by atoms with van der Waals surface area (Å²) >= 11 is 0. The first kappa shape index (κ1) is 14.9. The largest absolute Gasteiger partial charge is 0.493 e. The lowest BCUT2D eigenvalue weighted by atomic mass is 9.90. The van der Waals surface area contributed by atoms with Gasteiger partial charge in [-0.2, -0.15) is 0 Å². The van der Waals surface area contributed by atoms with Gasteiger partial charge in [-0.15, -0.1) is 0 Å². The van der Waals surface area contributed by atoms with Gasteiger partial charge in [0.25, 0.3) is 0 Å². The van der Waals surface area contributed by atoms with Gasteiger partial charge >= 0.3 is 0 Å². The van der Waals surface area contributed by atoms with Crippen LogP contribution in [0.5, 0.6) is 5.75 Å². The first-order valence-electron chi connectivity index (χ1n) is 8.50. The predicted octanol–water partition coefficient (Wildman–Crippen LogP) is 2.76. The van der Waals surface area contributed by atoms with Gasteiger partial charge in [0.2, 0.25) is 0 Å². The Kier molecular flexibility index (Phi) is 4.81. The predicted molar refractivity (Wildman–Crippen MR) is 86.8 cm³/mol. The van der Waals surface area contributed by atoms with Crippen LogP contribution < -0.4 is 10.5 Å². The van der Waals surface area contributed by atoms with Crippen molar-refractivity contribution in [3.8, 4) is 5.75 Å². The molecule has 0 atom stereocenters. The molecule has 3 rings (SSSR count). The van der Waals surface area contributed by atoms with E-state index in [0.29, 0.717) is 6.04 Å². The highest BCUT2D eigenvalue weighted by Crippen LogP contribution is 2.27. The number of ether oxygens (including phenoxy) is 1. The number of benzene rings is 1. The highest BCUT2D eigenvalue weighted by molar-refractivity contribution is 5.39. The molecule has 0 spiro atoms. The van der Waals surface area contributed by atoms with Crippen LogP contribution in [0.25, 0.3) is 0 Å². The zero-order valence-corrected chi connectivity index (χ0v) is 13.2. The third-order valence-corrected chi connectivity index (χ3v) is 5.11. The van der Waals surface area contributed by atoms with Crippen LogP contribution in [0.4, 0.5) is 0 Å². The van der Waals surface area contributed by atoms with Crippen molar-refractivity contribution in [1.82, 2.24) is 4.90 Å². The van der Waals surface area contributed by atoms with E-state index in [9.17, 15) is 0 Å². The molecule has 1 fully saturated rings. The van der Waals surface area contributed by atoms with E-state index in [-0.39, 0.29) is 0 Å². The van der Waals surface area contributed by atoms with Crippen molar-refractivity contribution in [2.75, 3.05) is 19.7 Å². The molecule has 21 heavy (non-hydrogen) atoms. The Morgan fingerprint density at radius 1 is 1.24 bits per heavy atom.